The van der Waals surface area contributed by atoms with Gasteiger partial charge in [-0.05, 0) is 24.3 Å². The van der Waals surface area contributed by atoms with Crippen molar-refractivity contribution >= 4 is 5.78 Å². The minimum absolute atomic E-state index is 0.227. The minimum atomic E-state index is -0.227. The van der Waals surface area contributed by atoms with E-state index in [9.17, 15) is 4.79 Å². The second-order valence-corrected chi connectivity index (χ2v) is 5.05. The number of carbonyl (C=O) groups excluding carboxylic acids is 1. The van der Waals surface area contributed by atoms with Gasteiger partial charge in [-0.3, -0.25) is 4.79 Å². The van der Waals surface area contributed by atoms with Gasteiger partial charge >= 0.3 is 0 Å². The van der Waals surface area contributed by atoms with E-state index in [4.69, 9.17) is 0 Å². The van der Waals surface area contributed by atoms with Crippen LogP contribution in [0.2, 0.25) is 0 Å². The Hall–Kier alpha value is -1.11. The highest BCUT2D eigenvalue weighted by Gasteiger charge is 2.52. The molecule has 80 valence electrons. The topological polar surface area (TPSA) is 17.1 Å². The summed E-state index contributed by atoms with van der Waals surface area (Å²) in [4.78, 5) is 11.9. The van der Waals surface area contributed by atoms with Crippen molar-refractivity contribution in [3.05, 3.63) is 35.9 Å². The monoisotopic (exact) mass is 202 g/mol. The van der Waals surface area contributed by atoms with Gasteiger partial charge in [-0.25, -0.2) is 0 Å². The Morgan fingerprint density at radius 3 is 2.33 bits per heavy atom. The van der Waals surface area contributed by atoms with Crippen LogP contribution < -0.4 is 0 Å². The van der Waals surface area contributed by atoms with Gasteiger partial charge in [-0.2, -0.15) is 0 Å². The Balaban J connectivity index is 2.37. The summed E-state index contributed by atoms with van der Waals surface area (Å²) in [6.07, 6.45) is 0.753. The Labute approximate surface area is 91.5 Å². The largest absolute Gasteiger partial charge is 0.299 e. The number of hydrogen-bond donors (Lipinski definition) is 0. The SMILES string of the molecule is CC(C)[C@H]1CC(=O)[C@]1(C)c1ccccc1. The van der Waals surface area contributed by atoms with Crippen molar-refractivity contribution in [2.45, 2.75) is 32.6 Å². The lowest BCUT2D eigenvalue weighted by Gasteiger charge is -2.48. The predicted octanol–water partition coefficient (Wildman–Crippen LogP) is 3.19. The van der Waals surface area contributed by atoms with Gasteiger partial charge in [0.2, 0.25) is 0 Å². The van der Waals surface area contributed by atoms with Crippen LogP contribution in [0, 0.1) is 11.8 Å². The molecule has 0 aliphatic heterocycles. The van der Waals surface area contributed by atoms with Gasteiger partial charge in [0.1, 0.15) is 5.78 Å². The molecular formula is C14H18O. The first-order valence-electron chi connectivity index (χ1n) is 5.65. The molecule has 1 aliphatic carbocycles. The van der Waals surface area contributed by atoms with Crippen LogP contribution in [0.5, 0.6) is 0 Å². The van der Waals surface area contributed by atoms with Gasteiger partial charge < -0.3 is 0 Å². The van der Waals surface area contributed by atoms with Gasteiger partial charge in [0.25, 0.3) is 0 Å². The molecule has 0 N–H and O–H groups in total. The van der Waals surface area contributed by atoms with Gasteiger partial charge in [0.15, 0.2) is 0 Å². The lowest BCUT2D eigenvalue weighted by molar-refractivity contribution is -0.138. The number of benzene rings is 1. The van der Waals surface area contributed by atoms with Gasteiger partial charge in [0.05, 0.1) is 5.41 Å². The van der Waals surface area contributed by atoms with E-state index >= 15 is 0 Å². The molecule has 0 saturated heterocycles. The van der Waals surface area contributed by atoms with Gasteiger partial charge in [0, 0.05) is 6.42 Å². The molecule has 1 nitrogen and oxygen atoms in total. The van der Waals surface area contributed by atoms with Crippen molar-refractivity contribution in [1.82, 2.24) is 0 Å². The number of rotatable bonds is 2. The van der Waals surface area contributed by atoms with Gasteiger partial charge in [-0.15, -0.1) is 0 Å². The highest BCUT2D eigenvalue weighted by atomic mass is 16.1. The standard InChI is InChI=1S/C14H18O/c1-10(2)12-9-13(15)14(12,3)11-7-5-4-6-8-11/h4-8,10,12H,9H2,1-3H3/t12-,14-/m1/s1. The quantitative estimate of drug-likeness (QED) is 0.719. The molecule has 1 aliphatic rings. The molecule has 1 heteroatoms. The fourth-order valence-electron chi connectivity index (χ4n) is 2.75. The number of ketones is 1. The first-order valence-corrected chi connectivity index (χ1v) is 5.65. The van der Waals surface area contributed by atoms with Crippen LogP contribution in [0.3, 0.4) is 0 Å². The average molecular weight is 202 g/mol. The molecular weight excluding hydrogens is 184 g/mol. The van der Waals surface area contributed by atoms with Crippen molar-refractivity contribution < 1.29 is 4.79 Å². The predicted molar refractivity (Wildman–Crippen MR) is 61.7 cm³/mol. The van der Waals surface area contributed by atoms with E-state index in [1.54, 1.807) is 0 Å². The van der Waals surface area contributed by atoms with Crippen LogP contribution in [-0.2, 0) is 10.2 Å². The molecule has 0 bridgehead atoms. The van der Waals surface area contributed by atoms with Crippen LogP contribution in [0.4, 0.5) is 0 Å². The van der Waals surface area contributed by atoms with E-state index in [2.05, 4.69) is 32.9 Å². The highest BCUT2D eigenvalue weighted by molar-refractivity contribution is 5.96. The van der Waals surface area contributed by atoms with Crippen LogP contribution >= 0.6 is 0 Å². The Morgan fingerprint density at radius 1 is 1.27 bits per heavy atom. The molecule has 15 heavy (non-hydrogen) atoms. The summed E-state index contributed by atoms with van der Waals surface area (Å²) in [7, 11) is 0. The number of Topliss-reactive ketones (excluding diaryl/α,β-unsaturated/α-hetero) is 1. The second kappa shape index (κ2) is 3.48. The molecule has 1 aromatic rings. The molecule has 0 amide bonds. The maximum absolute atomic E-state index is 11.9. The molecule has 0 heterocycles. The molecule has 2 rings (SSSR count). The van der Waals surface area contributed by atoms with Crippen molar-refractivity contribution in [3.8, 4) is 0 Å². The van der Waals surface area contributed by atoms with Crippen LogP contribution in [-0.4, -0.2) is 5.78 Å². The zero-order chi connectivity index (χ0) is 11.1. The van der Waals surface area contributed by atoms with E-state index in [0.717, 1.165) is 6.42 Å². The highest BCUT2D eigenvalue weighted by Crippen LogP contribution is 2.48. The fourth-order valence-corrected chi connectivity index (χ4v) is 2.75. The van der Waals surface area contributed by atoms with E-state index < -0.39 is 0 Å². The zero-order valence-corrected chi connectivity index (χ0v) is 9.66. The summed E-state index contributed by atoms with van der Waals surface area (Å²) in [6.45, 7) is 6.51. The van der Waals surface area contributed by atoms with E-state index in [1.807, 2.05) is 18.2 Å². The average Bonchev–Trinajstić information content (AvgIpc) is 2.25. The third kappa shape index (κ3) is 1.41. The summed E-state index contributed by atoms with van der Waals surface area (Å²) in [6, 6.07) is 10.2. The molecule has 0 unspecified atom stereocenters. The second-order valence-electron chi connectivity index (χ2n) is 5.05. The first kappa shape index (κ1) is 10.4. The summed E-state index contributed by atoms with van der Waals surface area (Å²) in [5, 5.41) is 0. The first-order chi connectivity index (χ1) is 7.06. The molecule has 1 fully saturated rings. The lowest BCUT2D eigenvalue weighted by Crippen LogP contribution is -2.53. The molecule has 1 aromatic carbocycles. The smallest absolute Gasteiger partial charge is 0.143 e. The molecule has 0 aromatic heterocycles. The number of carbonyl (C=O) groups is 1. The van der Waals surface area contributed by atoms with Crippen LogP contribution in [0.25, 0.3) is 0 Å². The molecule has 1 saturated carbocycles. The van der Waals surface area contributed by atoms with Crippen molar-refractivity contribution in [1.29, 1.82) is 0 Å². The zero-order valence-electron chi connectivity index (χ0n) is 9.66. The van der Waals surface area contributed by atoms with Crippen LogP contribution in [0.1, 0.15) is 32.8 Å². The summed E-state index contributed by atoms with van der Waals surface area (Å²) in [5.74, 6) is 1.48. The number of hydrogen-bond acceptors (Lipinski definition) is 1. The van der Waals surface area contributed by atoms with E-state index in [-0.39, 0.29) is 5.41 Å². The maximum atomic E-state index is 11.9. The maximum Gasteiger partial charge on any atom is 0.143 e. The molecule has 2 atom stereocenters. The normalized spacial score (nSPS) is 30.4. The molecule has 0 radical (unpaired) electrons. The van der Waals surface area contributed by atoms with E-state index in [0.29, 0.717) is 17.6 Å². The third-order valence-corrected chi connectivity index (χ3v) is 3.90. The van der Waals surface area contributed by atoms with E-state index in [1.165, 1.54) is 5.56 Å². The molecule has 0 spiro atoms. The minimum Gasteiger partial charge on any atom is -0.299 e. The Kier molecular flexibility index (Phi) is 2.41. The fraction of sp³-hybridized carbons (Fsp3) is 0.500. The summed E-state index contributed by atoms with van der Waals surface area (Å²) < 4.78 is 0. The summed E-state index contributed by atoms with van der Waals surface area (Å²) in [5.41, 5.74) is 0.954. The Morgan fingerprint density at radius 2 is 1.87 bits per heavy atom. The Bertz CT molecular complexity index is 366. The van der Waals surface area contributed by atoms with Crippen molar-refractivity contribution in [2.24, 2.45) is 11.8 Å². The van der Waals surface area contributed by atoms with Crippen LogP contribution in [0.15, 0.2) is 30.3 Å². The van der Waals surface area contributed by atoms with Gasteiger partial charge in [-0.1, -0.05) is 44.2 Å². The van der Waals surface area contributed by atoms with Crippen molar-refractivity contribution in [3.63, 3.8) is 0 Å². The lowest BCUT2D eigenvalue weighted by atomic mass is 9.53. The van der Waals surface area contributed by atoms with Crippen molar-refractivity contribution in [2.75, 3.05) is 0 Å². The summed E-state index contributed by atoms with van der Waals surface area (Å²) >= 11 is 0. The third-order valence-electron chi connectivity index (χ3n) is 3.90.